The van der Waals surface area contributed by atoms with E-state index < -0.39 is 11.4 Å². The molecule has 1 N–H and O–H groups in total. The molecule has 0 bridgehead atoms. The van der Waals surface area contributed by atoms with Crippen LogP contribution in [-0.4, -0.2) is 18.2 Å². The van der Waals surface area contributed by atoms with Gasteiger partial charge in [0, 0.05) is 10.1 Å². The average Bonchev–Trinajstić information content (AvgIpc) is 2.55. The summed E-state index contributed by atoms with van der Waals surface area (Å²) in [7, 11) is 1.18. The van der Waals surface area contributed by atoms with Crippen LogP contribution in [0, 0.1) is 0 Å². The van der Waals surface area contributed by atoms with Gasteiger partial charge in [-0.1, -0.05) is 47.7 Å². The van der Waals surface area contributed by atoms with Crippen LogP contribution >= 0.6 is 11.3 Å². The highest BCUT2D eigenvalue weighted by atomic mass is 32.1. The average molecular weight is 312 g/mol. The Kier molecular flexibility index (Phi) is 3.65. The van der Waals surface area contributed by atoms with Crippen molar-refractivity contribution in [3.63, 3.8) is 0 Å². The highest BCUT2D eigenvalue weighted by molar-refractivity contribution is 7.20. The van der Waals surface area contributed by atoms with E-state index in [1.165, 1.54) is 7.11 Å². The van der Waals surface area contributed by atoms with Gasteiger partial charge in [0.2, 0.25) is 5.43 Å². The second-order valence-corrected chi connectivity index (χ2v) is 5.71. The number of fused-ring (bicyclic) bond motifs is 1. The summed E-state index contributed by atoms with van der Waals surface area (Å²) >= 11 is 0.990. The van der Waals surface area contributed by atoms with Gasteiger partial charge in [0.05, 0.1) is 7.11 Å². The second-order valence-electron chi connectivity index (χ2n) is 4.68. The van der Waals surface area contributed by atoms with Gasteiger partial charge < -0.3 is 9.84 Å². The molecule has 0 radical (unpaired) electrons. The fourth-order valence-corrected chi connectivity index (χ4v) is 3.22. The molecule has 0 saturated carbocycles. The SMILES string of the molecule is COC(=O)c1c(O)sc2cc(-c3ccccc3)ccc2c1=O. The lowest BCUT2D eigenvalue weighted by atomic mass is 10.0. The molecule has 1 heterocycles. The molecule has 5 heteroatoms. The topological polar surface area (TPSA) is 63.6 Å². The number of hydrogen-bond acceptors (Lipinski definition) is 5. The Bertz CT molecular complexity index is 913. The lowest BCUT2D eigenvalue weighted by molar-refractivity contribution is 0.0597. The Morgan fingerprint density at radius 3 is 2.50 bits per heavy atom. The van der Waals surface area contributed by atoms with E-state index >= 15 is 0 Å². The number of carbonyl (C=O) groups excluding carboxylic acids is 1. The van der Waals surface area contributed by atoms with E-state index in [0.29, 0.717) is 10.1 Å². The molecule has 0 spiro atoms. The van der Waals surface area contributed by atoms with Crippen molar-refractivity contribution in [2.75, 3.05) is 7.11 Å². The lowest BCUT2D eigenvalue weighted by Gasteiger charge is -2.06. The van der Waals surface area contributed by atoms with E-state index in [4.69, 9.17) is 0 Å². The van der Waals surface area contributed by atoms with Crippen molar-refractivity contribution in [1.29, 1.82) is 0 Å². The molecule has 22 heavy (non-hydrogen) atoms. The largest absolute Gasteiger partial charge is 0.499 e. The maximum Gasteiger partial charge on any atom is 0.346 e. The van der Waals surface area contributed by atoms with E-state index in [0.717, 1.165) is 22.5 Å². The Labute approximate surface area is 130 Å². The van der Waals surface area contributed by atoms with Crippen LogP contribution in [0.2, 0.25) is 0 Å². The zero-order chi connectivity index (χ0) is 15.7. The van der Waals surface area contributed by atoms with Gasteiger partial charge in [0.1, 0.15) is 0 Å². The standard InChI is InChI=1S/C17H12O4S/c1-21-16(19)14-15(18)12-8-7-11(9-13(12)22-17(14)20)10-5-3-2-4-6-10/h2-9,20H,1H3. The zero-order valence-corrected chi connectivity index (χ0v) is 12.5. The zero-order valence-electron chi connectivity index (χ0n) is 11.7. The number of esters is 1. The van der Waals surface area contributed by atoms with Gasteiger partial charge >= 0.3 is 5.97 Å². The highest BCUT2D eigenvalue weighted by Gasteiger charge is 2.19. The summed E-state index contributed by atoms with van der Waals surface area (Å²) in [6, 6.07) is 15.0. The molecule has 0 amide bonds. The van der Waals surface area contributed by atoms with Crippen LogP contribution < -0.4 is 5.43 Å². The molecule has 110 valence electrons. The molecular weight excluding hydrogens is 300 g/mol. The minimum Gasteiger partial charge on any atom is -0.499 e. The normalized spacial score (nSPS) is 10.6. The Hall–Kier alpha value is -2.66. The molecule has 0 unspecified atom stereocenters. The molecule has 4 nitrogen and oxygen atoms in total. The number of carbonyl (C=O) groups is 1. The number of rotatable bonds is 2. The van der Waals surface area contributed by atoms with Crippen LogP contribution in [0.5, 0.6) is 5.06 Å². The highest BCUT2D eigenvalue weighted by Crippen LogP contribution is 2.31. The summed E-state index contributed by atoms with van der Waals surface area (Å²) in [5.41, 5.74) is 1.12. The van der Waals surface area contributed by atoms with E-state index in [-0.39, 0.29) is 10.6 Å². The minimum atomic E-state index is -0.826. The first-order valence-corrected chi connectivity index (χ1v) is 7.37. The van der Waals surface area contributed by atoms with Crippen molar-refractivity contribution in [3.8, 4) is 16.2 Å². The Balaban J connectivity index is 2.24. The van der Waals surface area contributed by atoms with Gasteiger partial charge in [-0.15, -0.1) is 0 Å². The molecule has 0 aliphatic rings. The molecule has 0 aliphatic carbocycles. The van der Waals surface area contributed by atoms with Gasteiger partial charge in [-0.2, -0.15) is 0 Å². The maximum absolute atomic E-state index is 12.3. The third-order valence-corrected chi connectivity index (χ3v) is 4.33. The molecule has 0 fully saturated rings. The predicted octanol–water partition coefficient (Wildman–Crippen LogP) is 3.42. The number of ether oxygens (including phenoxy) is 1. The van der Waals surface area contributed by atoms with Crippen LogP contribution in [0.3, 0.4) is 0 Å². The van der Waals surface area contributed by atoms with Crippen molar-refractivity contribution in [1.82, 2.24) is 0 Å². The molecule has 3 aromatic rings. The number of benzene rings is 2. The Morgan fingerprint density at radius 2 is 1.82 bits per heavy atom. The number of hydrogen-bond donors (Lipinski definition) is 1. The van der Waals surface area contributed by atoms with Gasteiger partial charge in [-0.25, -0.2) is 4.79 Å². The smallest absolute Gasteiger partial charge is 0.346 e. The van der Waals surface area contributed by atoms with Crippen molar-refractivity contribution in [3.05, 3.63) is 64.3 Å². The van der Waals surface area contributed by atoms with Crippen molar-refractivity contribution < 1.29 is 14.6 Å². The van der Waals surface area contributed by atoms with E-state index in [9.17, 15) is 14.7 Å². The summed E-state index contributed by atoms with van der Waals surface area (Å²) in [6.07, 6.45) is 0. The molecule has 3 rings (SSSR count). The summed E-state index contributed by atoms with van der Waals surface area (Å²) in [5, 5.41) is 10.0. The molecule has 2 aromatic carbocycles. The lowest BCUT2D eigenvalue weighted by Crippen LogP contribution is -2.15. The summed E-state index contributed by atoms with van der Waals surface area (Å²) < 4.78 is 5.17. The molecule has 0 saturated heterocycles. The monoisotopic (exact) mass is 312 g/mol. The molecular formula is C17H12O4S. The van der Waals surface area contributed by atoms with Crippen LogP contribution in [0.15, 0.2) is 53.3 Å². The molecule has 0 atom stereocenters. The van der Waals surface area contributed by atoms with Crippen LogP contribution in [-0.2, 0) is 4.74 Å². The minimum absolute atomic E-state index is 0.313. The van der Waals surface area contributed by atoms with Crippen LogP contribution in [0.4, 0.5) is 0 Å². The van der Waals surface area contributed by atoms with E-state index in [1.54, 1.807) is 6.07 Å². The fraction of sp³-hybridized carbons (Fsp3) is 0.0588. The third-order valence-electron chi connectivity index (χ3n) is 3.37. The second kappa shape index (κ2) is 5.61. The van der Waals surface area contributed by atoms with Gasteiger partial charge in [-0.3, -0.25) is 4.79 Å². The van der Waals surface area contributed by atoms with Crippen LogP contribution in [0.1, 0.15) is 10.4 Å². The molecule has 1 aromatic heterocycles. The third kappa shape index (κ3) is 2.35. The summed E-state index contributed by atoms with van der Waals surface area (Å²) in [5.74, 6) is -0.826. The van der Waals surface area contributed by atoms with Gasteiger partial charge in [0.15, 0.2) is 10.6 Å². The number of methoxy groups -OCH3 is 1. The summed E-state index contributed by atoms with van der Waals surface area (Å²) in [4.78, 5) is 24.0. The van der Waals surface area contributed by atoms with E-state index in [2.05, 4.69) is 4.74 Å². The van der Waals surface area contributed by atoms with Crippen molar-refractivity contribution in [2.24, 2.45) is 0 Å². The van der Waals surface area contributed by atoms with Crippen molar-refractivity contribution >= 4 is 27.4 Å². The van der Waals surface area contributed by atoms with Crippen molar-refractivity contribution in [2.45, 2.75) is 0 Å². The van der Waals surface area contributed by atoms with Gasteiger partial charge in [0.25, 0.3) is 0 Å². The van der Waals surface area contributed by atoms with Crippen LogP contribution in [0.25, 0.3) is 21.2 Å². The fourth-order valence-electron chi connectivity index (χ4n) is 2.27. The first kappa shape index (κ1) is 14.3. The Morgan fingerprint density at radius 1 is 1.09 bits per heavy atom. The predicted molar refractivity (Wildman–Crippen MR) is 86.5 cm³/mol. The first-order valence-electron chi connectivity index (χ1n) is 6.55. The first-order chi connectivity index (χ1) is 10.6. The van der Waals surface area contributed by atoms with E-state index in [1.807, 2.05) is 42.5 Å². The quantitative estimate of drug-likeness (QED) is 0.736. The maximum atomic E-state index is 12.3. The van der Waals surface area contributed by atoms with Gasteiger partial charge in [-0.05, 0) is 23.3 Å². The summed E-state index contributed by atoms with van der Waals surface area (Å²) in [6.45, 7) is 0. The molecule has 0 aliphatic heterocycles. The number of aromatic hydroxyl groups is 1.